The average Bonchev–Trinajstić information content (AvgIpc) is 2.72. The molecular weight excluding hydrogens is 390 g/mol. The number of pyridine rings is 1. The van der Waals surface area contributed by atoms with Gasteiger partial charge in [-0.05, 0) is 61.8 Å². The maximum Gasteiger partial charge on any atom is 0.229 e. The summed E-state index contributed by atoms with van der Waals surface area (Å²) in [4.78, 5) is 30.6. The predicted molar refractivity (Wildman–Crippen MR) is 111 cm³/mol. The van der Waals surface area contributed by atoms with Crippen LogP contribution in [0.3, 0.4) is 0 Å². The van der Waals surface area contributed by atoms with Gasteiger partial charge in [-0.25, -0.2) is 8.42 Å². The lowest BCUT2D eigenvalue weighted by Crippen LogP contribution is -2.39. The van der Waals surface area contributed by atoms with Crippen molar-refractivity contribution >= 4 is 27.8 Å². The number of rotatable bonds is 8. The van der Waals surface area contributed by atoms with E-state index in [0.29, 0.717) is 17.8 Å². The van der Waals surface area contributed by atoms with Gasteiger partial charge in [-0.15, -0.1) is 0 Å². The van der Waals surface area contributed by atoms with Crippen LogP contribution in [0, 0.1) is 5.92 Å². The molecule has 8 heteroatoms. The van der Waals surface area contributed by atoms with Crippen LogP contribution >= 0.6 is 0 Å². The third-order valence-corrected chi connectivity index (χ3v) is 5.77. The highest BCUT2D eigenvalue weighted by molar-refractivity contribution is 7.92. The van der Waals surface area contributed by atoms with Crippen LogP contribution in [0.25, 0.3) is 0 Å². The molecule has 154 valence electrons. The molecule has 2 heterocycles. The van der Waals surface area contributed by atoms with Crippen LogP contribution in [0.2, 0.25) is 0 Å². The molecule has 1 aliphatic rings. The molecule has 0 spiro atoms. The van der Waals surface area contributed by atoms with Crippen LogP contribution in [0.4, 0.5) is 5.69 Å². The van der Waals surface area contributed by atoms with Gasteiger partial charge in [0.1, 0.15) is 6.29 Å². The first-order valence-corrected chi connectivity index (χ1v) is 11.4. The summed E-state index contributed by atoms with van der Waals surface area (Å²) in [5.74, 6) is -0.200. The summed E-state index contributed by atoms with van der Waals surface area (Å²) in [7, 11) is -3.34. The van der Waals surface area contributed by atoms with Gasteiger partial charge in [-0.2, -0.15) is 0 Å². The van der Waals surface area contributed by atoms with E-state index in [-0.39, 0.29) is 17.6 Å². The second kappa shape index (κ2) is 9.28. The molecule has 1 aromatic carbocycles. The van der Waals surface area contributed by atoms with Gasteiger partial charge in [0.05, 0.1) is 12.2 Å². The van der Waals surface area contributed by atoms with Gasteiger partial charge in [0.15, 0.2) is 5.78 Å². The Balaban J connectivity index is 1.54. The number of sulfonamides is 1. The number of ketones is 1. The molecule has 29 heavy (non-hydrogen) atoms. The summed E-state index contributed by atoms with van der Waals surface area (Å²) in [6, 6.07) is 10.3. The molecule has 0 saturated carbocycles. The van der Waals surface area contributed by atoms with Crippen molar-refractivity contribution in [1.29, 1.82) is 0 Å². The molecule has 1 atom stereocenters. The Kier molecular flexibility index (Phi) is 6.76. The number of carbonyl (C=O) groups excluding carboxylic acids is 2. The highest BCUT2D eigenvalue weighted by Crippen LogP contribution is 2.24. The van der Waals surface area contributed by atoms with E-state index < -0.39 is 10.0 Å². The lowest BCUT2D eigenvalue weighted by atomic mass is 9.88. The molecule has 1 aromatic heterocycles. The normalized spacial score (nSPS) is 16.9. The highest BCUT2D eigenvalue weighted by atomic mass is 32.2. The quantitative estimate of drug-likeness (QED) is 0.525. The van der Waals surface area contributed by atoms with E-state index in [9.17, 15) is 18.0 Å². The number of aldehydes is 1. The van der Waals surface area contributed by atoms with E-state index in [0.717, 1.165) is 44.0 Å². The Morgan fingerprint density at radius 3 is 2.48 bits per heavy atom. The largest absolute Gasteiger partial charge is 0.303 e. The number of Topliss-reactive ketones (excluding diaryl/α,β-unsaturated/α-hetero) is 1. The third-order valence-electron chi connectivity index (χ3n) is 5.16. The summed E-state index contributed by atoms with van der Waals surface area (Å²) < 4.78 is 24.9. The predicted octanol–water partition coefficient (Wildman–Crippen LogP) is 2.33. The maximum absolute atomic E-state index is 12.8. The van der Waals surface area contributed by atoms with Crippen molar-refractivity contribution in [2.45, 2.75) is 18.8 Å². The van der Waals surface area contributed by atoms with Crippen LogP contribution in [-0.4, -0.2) is 56.3 Å². The summed E-state index contributed by atoms with van der Waals surface area (Å²) in [6.07, 6.45) is 6.93. The van der Waals surface area contributed by atoms with Crippen molar-refractivity contribution in [3.05, 3.63) is 59.9 Å². The number of benzene rings is 1. The lowest BCUT2D eigenvalue weighted by Gasteiger charge is -2.32. The average molecular weight is 416 g/mol. The molecule has 0 aliphatic carbocycles. The molecule has 0 amide bonds. The number of piperidine rings is 1. The number of nitrogens with zero attached hydrogens (tertiary/aromatic N) is 2. The third kappa shape index (κ3) is 5.95. The second-order valence-electron chi connectivity index (χ2n) is 7.42. The van der Waals surface area contributed by atoms with E-state index >= 15 is 0 Å². The van der Waals surface area contributed by atoms with Crippen LogP contribution in [0.1, 0.15) is 34.7 Å². The van der Waals surface area contributed by atoms with Gasteiger partial charge in [0.2, 0.25) is 10.0 Å². The molecule has 2 aromatic rings. The monoisotopic (exact) mass is 415 g/mol. The first-order valence-electron chi connectivity index (χ1n) is 9.55. The molecule has 0 radical (unpaired) electrons. The zero-order chi connectivity index (χ0) is 20.9. The van der Waals surface area contributed by atoms with Crippen molar-refractivity contribution in [1.82, 2.24) is 9.88 Å². The smallest absolute Gasteiger partial charge is 0.229 e. The number of nitrogens with one attached hydrogen (secondary N) is 1. The standard InChI is InChI=1S/C21H25N3O4S/c1-29(27,28)23-20-6-4-16(5-7-20)21(26)17-8-11-24(12-9-17)14-19(15-25)18-3-2-10-22-13-18/h2-7,10,13,15,17,19,23H,8-9,11-12,14H2,1H3. The molecule has 1 N–H and O–H groups in total. The van der Waals surface area contributed by atoms with Gasteiger partial charge < -0.3 is 9.69 Å². The number of hydrogen-bond donors (Lipinski definition) is 1. The van der Waals surface area contributed by atoms with Crippen molar-refractivity contribution in [3.63, 3.8) is 0 Å². The minimum atomic E-state index is -3.34. The first-order chi connectivity index (χ1) is 13.9. The molecular formula is C21H25N3O4S. The number of aromatic nitrogens is 1. The SMILES string of the molecule is CS(=O)(=O)Nc1ccc(C(=O)C2CCN(CC(C=O)c3cccnc3)CC2)cc1. The van der Waals surface area contributed by atoms with Crippen LogP contribution in [0.15, 0.2) is 48.8 Å². The van der Waals surface area contributed by atoms with Gasteiger partial charge >= 0.3 is 0 Å². The Hall–Kier alpha value is -2.58. The van der Waals surface area contributed by atoms with Crippen LogP contribution < -0.4 is 4.72 Å². The van der Waals surface area contributed by atoms with Gasteiger partial charge in [-0.1, -0.05) is 6.07 Å². The molecule has 1 unspecified atom stereocenters. The molecule has 1 fully saturated rings. The maximum atomic E-state index is 12.8. The first kappa shape index (κ1) is 21.1. The number of anilines is 1. The van der Waals surface area contributed by atoms with E-state index in [2.05, 4.69) is 14.6 Å². The number of carbonyl (C=O) groups is 2. The zero-order valence-electron chi connectivity index (χ0n) is 16.3. The molecule has 3 rings (SSSR count). The topological polar surface area (TPSA) is 96.4 Å². The van der Waals surface area contributed by atoms with Crippen LogP contribution in [0.5, 0.6) is 0 Å². The Morgan fingerprint density at radius 2 is 1.93 bits per heavy atom. The summed E-state index contributed by atoms with van der Waals surface area (Å²) in [5, 5.41) is 0. The summed E-state index contributed by atoms with van der Waals surface area (Å²) in [5.41, 5.74) is 1.93. The summed E-state index contributed by atoms with van der Waals surface area (Å²) >= 11 is 0. The van der Waals surface area contributed by atoms with E-state index in [1.165, 1.54) is 0 Å². The minimum Gasteiger partial charge on any atom is -0.303 e. The molecule has 7 nitrogen and oxygen atoms in total. The Labute approximate surface area is 171 Å². The van der Waals surface area contributed by atoms with Crippen molar-refractivity contribution < 1.29 is 18.0 Å². The van der Waals surface area contributed by atoms with Gasteiger partial charge in [-0.3, -0.25) is 14.5 Å². The lowest BCUT2D eigenvalue weighted by molar-refractivity contribution is -0.109. The second-order valence-corrected chi connectivity index (χ2v) is 9.17. The fraction of sp³-hybridized carbons (Fsp3) is 0.381. The number of hydrogen-bond acceptors (Lipinski definition) is 6. The van der Waals surface area contributed by atoms with E-state index in [1.807, 2.05) is 12.1 Å². The van der Waals surface area contributed by atoms with Crippen LogP contribution in [-0.2, 0) is 14.8 Å². The summed E-state index contributed by atoms with van der Waals surface area (Å²) in [6.45, 7) is 2.14. The van der Waals surface area contributed by atoms with Gasteiger partial charge in [0.25, 0.3) is 0 Å². The van der Waals surface area contributed by atoms with E-state index in [1.54, 1.807) is 36.7 Å². The van der Waals surface area contributed by atoms with Crippen molar-refractivity contribution in [2.75, 3.05) is 30.6 Å². The molecule has 0 bridgehead atoms. The van der Waals surface area contributed by atoms with E-state index in [4.69, 9.17) is 0 Å². The highest BCUT2D eigenvalue weighted by Gasteiger charge is 2.27. The minimum absolute atomic E-state index is 0.0620. The zero-order valence-corrected chi connectivity index (χ0v) is 17.1. The number of likely N-dealkylation sites (tertiary alicyclic amines) is 1. The fourth-order valence-electron chi connectivity index (χ4n) is 3.63. The Morgan fingerprint density at radius 1 is 1.24 bits per heavy atom. The molecule has 1 aliphatic heterocycles. The molecule has 1 saturated heterocycles. The van der Waals surface area contributed by atoms with Gasteiger partial charge in [0, 0.05) is 36.1 Å². The van der Waals surface area contributed by atoms with Crippen molar-refractivity contribution in [3.8, 4) is 0 Å². The van der Waals surface area contributed by atoms with Crippen molar-refractivity contribution in [2.24, 2.45) is 5.92 Å². The Bertz CT molecular complexity index is 938. The fourth-order valence-corrected chi connectivity index (χ4v) is 4.19.